The second-order valence-electron chi connectivity index (χ2n) is 4.04. The minimum Gasteiger partial charge on any atom is -0.506 e. The number of nitrogen functional groups attached to an aromatic ring is 1. The molecule has 3 heteroatoms. The Morgan fingerprint density at radius 1 is 1.00 bits per heavy atom. The van der Waals surface area contributed by atoms with Crippen molar-refractivity contribution < 1.29 is 5.11 Å². The third kappa shape index (κ3) is 1.61. The monoisotopic (exact) mass is 224 g/mol. The highest BCUT2D eigenvalue weighted by molar-refractivity contribution is 5.86. The highest BCUT2D eigenvalue weighted by atomic mass is 16.3. The molecule has 3 rings (SSSR count). The van der Waals surface area contributed by atoms with Crippen LogP contribution in [-0.4, -0.2) is 10.1 Å². The first kappa shape index (κ1) is 9.78. The summed E-state index contributed by atoms with van der Waals surface area (Å²) in [6, 6.07) is 15.4. The lowest BCUT2D eigenvalue weighted by molar-refractivity contribution is 0.478. The lowest BCUT2D eigenvalue weighted by Gasteiger charge is -2.01. The molecule has 0 aliphatic heterocycles. The number of hydrogen-bond donors (Lipinski definition) is 3. The molecule has 4 N–H and O–H groups in total. The van der Waals surface area contributed by atoms with Crippen molar-refractivity contribution in [3.05, 3.63) is 48.5 Å². The maximum Gasteiger partial charge on any atom is 0.139 e. The molecule has 1 aromatic heterocycles. The molecule has 84 valence electrons. The molecule has 0 fully saturated rings. The summed E-state index contributed by atoms with van der Waals surface area (Å²) < 4.78 is 0. The van der Waals surface area contributed by atoms with Gasteiger partial charge in [-0.25, -0.2) is 0 Å². The lowest BCUT2D eigenvalue weighted by Crippen LogP contribution is -1.85. The van der Waals surface area contributed by atoms with Crippen LogP contribution in [0.25, 0.3) is 22.2 Å². The minimum atomic E-state index is 0.112. The van der Waals surface area contributed by atoms with Crippen molar-refractivity contribution in [3.8, 4) is 17.0 Å². The van der Waals surface area contributed by atoms with Gasteiger partial charge in [0, 0.05) is 22.2 Å². The molecular formula is C14H12N2O. The number of phenolic OH excluding ortho intramolecular Hbond substituents is 1. The van der Waals surface area contributed by atoms with Crippen molar-refractivity contribution in [2.45, 2.75) is 0 Å². The van der Waals surface area contributed by atoms with Crippen LogP contribution in [0.1, 0.15) is 0 Å². The van der Waals surface area contributed by atoms with Gasteiger partial charge in [-0.1, -0.05) is 24.3 Å². The summed E-state index contributed by atoms with van der Waals surface area (Å²) in [6.07, 6.45) is 0. The van der Waals surface area contributed by atoms with Gasteiger partial charge in [0.1, 0.15) is 5.75 Å². The first-order valence-corrected chi connectivity index (χ1v) is 5.41. The van der Waals surface area contributed by atoms with E-state index in [2.05, 4.69) is 11.1 Å². The van der Waals surface area contributed by atoms with Crippen molar-refractivity contribution in [2.24, 2.45) is 0 Å². The number of para-hydroxylation sites is 1. The van der Waals surface area contributed by atoms with Crippen molar-refractivity contribution >= 4 is 16.6 Å². The summed E-state index contributed by atoms with van der Waals surface area (Å²) in [4.78, 5) is 3.31. The summed E-state index contributed by atoms with van der Waals surface area (Å²) >= 11 is 0. The smallest absolute Gasteiger partial charge is 0.139 e. The van der Waals surface area contributed by atoms with Crippen LogP contribution in [-0.2, 0) is 0 Å². The Bertz CT molecular complexity index is 653. The van der Waals surface area contributed by atoms with Gasteiger partial charge in [0.15, 0.2) is 0 Å². The van der Waals surface area contributed by atoms with Gasteiger partial charge < -0.3 is 15.8 Å². The molecule has 0 amide bonds. The van der Waals surface area contributed by atoms with Gasteiger partial charge in [-0.05, 0) is 24.3 Å². The zero-order valence-corrected chi connectivity index (χ0v) is 9.14. The van der Waals surface area contributed by atoms with E-state index in [0.717, 1.165) is 22.2 Å². The van der Waals surface area contributed by atoms with Crippen LogP contribution < -0.4 is 5.73 Å². The van der Waals surface area contributed by atoms with E-state index in [-0.39, 0.29) is 5.75 Å². The Balaban J connectivity index is 2.17. The van der Waals surface area contributed by atoms with E-state index in [9.17, 15) is 5.11 Å². The molecule has 0 radical (unpaired) electrons. The first-order chi connectivity index (χ1) is 8.24. The number of benzene rings is 2. The molecule has 2 aromatic carbocycles. The maximum absolute atomic E-state index is 9.60. The van der Waals surface area contributed by atoms with E-state index in [1.807, 2.05) is 30.3 Å². The number of nitrogens with two attached hydrogens (primary N) is 1. The van der Waals surface area contributed by atoms with Crippen molar-refractivity contribution in [2.75, 3.05) is 5.73 Å². The second kappa shape index (κ2) is 3.56. The van der Waals surface area contributed by atoms with E-state index in [4.69, 9.17) is 5.73 Å². The van der Waals surface area contributed by atoms with Gasteiger partial charge >= 0.3 is 0 Å². The number of phenols is 1. The van der Waals surface area contributed by atoms with Crippen LogP contribution in [0.2, 0.25) is 0 Å². The van der Waals surface area contributed by atoms with Gasteiger partial charge in [0.05, 0.1) is 5.69 Å². The molecule has 0 aliphatic carbocycles. The number of fused-ring (bicyclic) bond motifs is 1. The van der Waals surface area contributed by atoms with Crippen molar-refractivity contribution in [3.63, 3.8) is 0 Å². The lowest BCUT2D eigenvalue weighted by atomic mass is 10.1. The molecule has 3 nitrogen and oxygen atoms in total. The van der Waals surface area contributed by atoms with E-state index < -0.39 is 0 Å². The fourth-order valence-electron chi connectivity index (χ4n) is 1.94. The SMILES string of the molecule is Nc1ccc(-c2cc3ccccc3[nH]2)cc1O. The Morgan fingerprint density at radius 2 is 1.82 bits per heavy atom. The summed E-state index contributed by atoms with van der Waals surface area (Å²) in [5, 5.41) is 10.7. The van der Waals surface area contributed by atoms with Crippen LogP contribution >= 0.6 is 0 Å². The zero-order valence-electron chi connectivity index (χ0n) is 9.14. The molecule has 0 bridgehead atoms. The summed E-state index contributed by atoms with van der Waals surface area (Å²) in [7, 11) is 0. The highest BCUT2D eigenvalue weighted by Gasteiger charge is 2.05. The maximum atomic E-state index is 9.60. The van der Waals surface area contributed by atoms with E-state index in [1.54, 1.807) is 12.1 Å². The van der Waals surface area contributed by atoms with Gasteiger partial charge in [0.2, 0.25) is 0 Å². The number of aromatic amines is 1. The third-order valence-electron chi connectivity index (χ3n) is 2.87. The molecule has 17 heavy (non-hydrogen) atoms. The largest absolute Gasteiger partial charge is 0.506 e. The molecule has 3 aromatic rings. The van der Waals surface area contributed by atoms with Crippen molar-refractivity contribution in [1.82, 2.24) is 4.98 Å². The molecule has 0 unspecified atom stereocenters. The number of aromatic nitrogens is 1. The van der Waals surface area contributed by atoms with E-state index >= 15 is 0 Å². The Hall–Kier alpha value is -2.42. The van der Waals surface area contributed by atoms with Gasteiger partial charge in [-0.2, -0.15) is 0 Å². The Kier molecular flexibility index (Phi) is 2.05. The fraction of sp³-hybridized carbons (Fsp3) is 0. The fourth-order valence-corrected chi connectivity index (χ4v) is 1.94. The number of H-pyrrole nitrogens is 1. The number of anilines is 1. The zero-order chi connectivity index (χ0) is 11.8. The van der Waals surface area contributed by atoms with Crippen molar-refractivity contribution in [1.29, 1.82) is 0 Å². The average molecular weight is 224 g/mol. The van der Waals surface area contributed by atoms with Crippen LogP contribution in [0.3, 0.4) is 0 Å². The predicted octanol–water partition coefficient (Wildman–Crippen LogP) is 3.12. The number of rotatable bonds is 1. The Labute approximate surface area is 98.5 Å². The molecule has 0 atom stereocenters. The number of hydrogen-bond acceptors (Lipinski definition) is 2. The molecular weight excluding hydrogens is 212 g/mol. The van der Waals surface area contributed by atoms with E-state index in [0.29, 0.717) is 5.69 Å². The summed E-state index contributed by atoms with van der Waals surface area (Å²) in [6.45, 7) is 0. The van der Waals surface area contributed by atoms with Crippen LogP contribution in [0, 0.1) is 0 Å². The Morgan fingerprint density at radius 3 is 2.59 bits per heavy atom. The van der Waals surface area contributed by atoms with E-state index in [1.165, 1.54) is 0 Å². The second-order valence-corrected chi connectivity index (χ2v) is 4.04. The van der Waals surface area contributed by atoms with Gasteiger partial charge in [-0.15, -0.1) is 0 Å². The first-order valence-electron chi connectivity index (χ1n) is 5.41. The molecule has 0 aliphatic rings. The average Bonchev–Trinajstić information content (AvgIpc) is 2.76. The highest BCUT2D eigenvalue weighted by Crippen LogP contribution is 2.29. The molecule has 0 saturated heterocycles. The van der Waals surface area contributed by atoms with Gasteiger partial charge in [-0.3, -0.25) is 0 Å². The summed E-state index contributed by atoms with van der Waals surface area (Å²) in [5.41, 5.74) is 8.95. The molecule has 1 heterocycles. The standard InChI is InChI=1S/C14H12N2O/c15-11-6-5-10(8-14(11)17)13-7-9-3-1-2-4-12(9)16-13/h1-8,16-17H,15H2. The van der Waals surface area contributed by atoms with Gasteiger partial charge in [0.25, 0.3) is 0 Å². The molecule has 0 saturated carbocycles. The number of aromatic hydroxyl groups is 1. The van der Waals surface area contributed by atoms with Crippen LogP contribution in [0.15, 0.2) is 48.5 Å². The van der Waals surface area contributed by atoms with Crippen LogP contribution in [0.5, 0.6) is 5.75 Å². The van der Waals surface area contributed by atoms with Crippen LogP contribution in [0.4, 0.5) is 5.69 Å². The topological polar surface area (TPSA) is 62.0 Å². The number of nitrogens with one attached hydrogen (secondary N) is 1. The third-order valence-corrected chi connectivity index (χ3v) is 2.87. The molecule has 0 spiro atoms. The normalized spacial score (nSPS) is 10.8. The predicted molar refractivity (Wildman–Crippen MR) is 69.8 cm³/mol. The minimum absolute atomic E-state index is 0.112. The summed E-state index contributed by atoms with van der Waals surface area (Å²) in [5.74, 6) is 0.112. The quantitative estimate of drug-likeness (QED) is 0.439.